The van der Waals surface area contributed by atoms with Crippen LogP contribution in [0.25, 0.3) is 0 Å². The molecule has 390 valence electrons. The molecule has 1 rings (SSSR count). The third kappa shape index (κ3) is 9.10. The fourth-order valence-corrected chi connectivity index (χ4v) is 4.79. The first-order chi connectivity index (χ1) is 28.5. The average Bonchev–Trinajstić information content (AvgIpc) is 3.11. The van der Waals surface area contributed by atoms with Crippen LogP contribution >= 0.6 is 0 Å². The standard InChI is InChI=1S/C29H18F35NO/c1-10(65-13-5-3-2-4-12(13)30)66-11(6-8-14(31,32)16(35,36)18(39,40)20(43,44)22(47,48)24(51,52)26(55,56)28(59,60)61)7-9-15(33,34)17(37,38)19(41,42)21(45,46)23(49,50)25(53,54)27(57,58)29(62,63)64/h2-5,10-11,65H,6-9H2,1H3. The summed E-state index contributed by atoms with van der Waals surface area (Å²) < 4.78 is 482. The molecule has 0 fully saturated rings. The SMILES string of the molecule is CC(Nc1ccccc1F)OC(CCC(F)(F)C(F)(F)C(F)(F)C(F)(F)C(F)(F)C(F)(F)C(F)(F)C(F)(F)F)CCC(F)(F)C(F)(F)C(F)(F)C(F)(F)C(F)(F)C(F)(F)C(F)(F)C(F)(F)F. The zero-order valence-corrected chi connectivity index (χ0v) is 30.4. The number of alkyl halides is 34. The van der Waals surface area contributed by atoms with Crippen LogP contribution in [0.3, 0.4) is 0 Å². The fourth-order valence-electron chi connectivity index (χ4n) is 4.79. The molecule has 1 unspecified atom stereocenters. The summed E-state index contributed by atoms with van der Waals surface area (Å²) in [5.74, 6) is -123. The summed E-state index contributed by atoms with van der Waals surface area (Å²) in [6, 6.07) is 2.83. The van der Waals surface area contributed by atoms with Gasteiger partial charge in [0.2, 0.25) is 0 Å². The van der Waals surface area contributed by atoms with Crippen molar-refractivity contribution in [2.24, 2.45) is 0 Å². The lowest BCUT2D eigenvalue weighted by atomic mass is 9.86. The normalized spacial score (nSPS) is 16.6. The van der Waals surface area contributed by atoms with E-state index in [-0.39, 0.29) is 0 Å². The number of ether oxygens (including phenoxy) is 1. The van der Waals surface area contributed by atoms with Crippen molar-refractivity contribution in [2.45, 2.75) is 140 Å². The molecule has 0 aliphatic heterocycles. The number of hydrogen-bond donors (Lipinski definition) is 1. The highest BCUT2D eigenvalue weighted by atomic mass is 19.4. The second kappa shape index (κ2) is 17.2. The lowest BCUT2D eigenvalue weighted by Crippen LogP contribution is -2.74. The van der Waals surface area contributed by atoms with Crippen LogP contribution in [0.15, 0.2) is 24.3 Å². The Morgan fingerprint density at radius 2 is 0.621 bits per heavy atom. The minimum Gasteiger partial charge on any atom is -0.358 e. The molecule has 0 bridgehead atoms. The lowest BCUT2D eigenvalue weighted by molar-refractivity contribution is -0.462. The van der Waals surface area contributed by atoms with Gasteiger partial charge in [0.25, 0.3) is 0 Å². The Morgan fingerprint density at radius 3 is 0.879 bits per heavy atom. The molecule has 0 amide bonds. The summed E-state index contributed by atoms with van der Waals surface area (Å²) in [4.78, 5) is 0. The molecular weight excluding hydrogens is 1040 g/mol. The van der Waals surface area contributed by atoms with Gasteiger partial charge in [0.05, 0.1) is 11.8 Å². The zero-order chi connectivity index (χ0) is 53.4. The monoisotopic (exact) mass is 1060 g/mol. The first kappa shape index (κ1) is 60.5. The van der Waals surface area contributed by atoms with Gasteiger partial charge in [-0.15, -0.1) is 0 Å². The van der Waals surface area contributed by atoms with E-state index in [4.69, 9.17) is 0 Å². The Bertz CT molecular complexity index is 1710. The van der Waals surface area contributed by atoms with Gasteiger partial charge in [-0.2, -0.15) is 149 Å². The first-order valence-electron chi connectivity index (χ1n) is 16.1. The van der Waals surface area contributed by atoms with Crippen LogP contribution in [0.5, 0.6) is 0 Å². The molecule has 1 atom stereocenters. The molecule has 0 aliphatic carbocycles. The second-order valence-corrected chi connectivity index (χ2v) is 13.4. The van der Waals surface area contributed by atoms with Crippen LogP contribution in [0, 0.1) is 5.82 Å². The van der Waals surface area contributed by atoms with Gasteiger partial charge < -0.3 is 10.1 Å². The molecule has 0 heterocycles. The molecular formula is C29H18F35NO. The Hall–Kier alpha value is -3.47. The third-order valence-electron chi connectivity index (χ3n) is 8.76. The van der Waals surface area contributed by atoms with E-state index in [1.807, 2.05) is 0 Å². The van der Waals surface area contributed by atoms with Gasteiger partial charge in [0.1, 0.15) is 12.0 Å². The largest absolute Gasteiger partial charge is 0.460 e. The molecule has 0 spiro atoms. The number of halogens is 35. The smallest absolute Gasteiger partial charge is 0.358 e. The average molecular weight is 1060 g/mol. The maximum atomic E-state index is 14.6. The minimum atomic E-state index is -9.18. The Labute approximate surface area is 340 Å². The van der Waals surface area contributed by atoms with Crippen molar-refractivity contribution in [1.29, 1.82) is 0 Å². The summed E-state index contributed by atoms with van der Waals surface area (Å²) in [6.45, 7) is 0.348. The van der Waals surface area contributed by atoms with Crippen molar-refractivity contribution in [1.82, 2.24) is 0 Å². The summed E-state index contributed by atoms with van der Waals surface area (Å²) in [7, 11) is 0. The van der Waals surface area contributed by atoms with Crippen LogP contribution in [-0.2, 0) is 4.74 Å². The third-order valence-corrected chi connectivity index (χ3v) is 8.76. The van der Waals surface area contributed by atoms with Crippen LogP contribution in [-0.4, -0.2) is 108 Å². The molecule has 0 aromatic heterocycles. The van der Waals surface area contributed by atoms with E-state index in [2.05, 4.69) is 4.74 Å². The molecule has 1 aromatic carbocycles. The van der Waals surface area contributed by atoms with Gasteiger partial charge in [-0.25, -0.2) is 4.39 Å². The Balaban J connectivity index is 3.80. The quantitative estimate of drug-likeness (QED) is 0.0923. The van der Waals surface area contributed by atoms with Gasteiger partial charge in [0.15, 0.2) is 0 Å². The molecule has 0 saturated carbocycles. The number of para-hydroxylation sites is 1. The molecule has 66 heavy (non-hydrogen) atoms. The highest BCUT2D eigenvalue weighted by Gasteiger charge is 2.97. The van der Waals surface area contributed by atoms with Crippen molar-refractivity contribution in [3.8, 4) is 0 Å². The molecule has 1 aromatic rings. The lowest BCUT2D eigenvalue weighted by Gasteiger charge is -2.43. The molecule has 0 aliphatic rings. The van der Waals surface area contributed by atoms with E-state index in [1.54, 1.807) is 5.32 Å². The highest BCUT2D eigenvalue weighted by Crippen LogP contribution is 2.66. The summed E-state index contributed by atoms with van der Waals surface area (Å²) in [5.41, 5.74) is -0.927. The van der Waals surface area contributed by atoms with E-state index in [9.17, 15) is 154 Å². The number of rotatable bonds is 22. The second-order valence-electron chi connectivity index (χ2n) is 13.4. The number of nitrogens with one attached hydrogen (secondary N) is 1. The summed E-state index contributed by atoms with van der Waals surface area (Å²) >= 11 is 0. The fraction of sp³-hybridized carbons (Fsp3) is 0.793. The van der Waals surface area contributed by atoms with Gasteiger partial charge in [0, 0.05) is 12.8 Å². The maximum absolute atomic E-state index is 14.6. The van der Waals surface area contributed by atoms with E-state index in [0.717, 1.165) is 12.1 Å². The van der Waals surface area contributed by atoms with Crippen LogP contribution in [0.2, 0.25) is 0 Å². The Morgan fingerprint density at radius 1 is 0.379 bits per heavy atom. The van der Waals surface area contributed by atoms with Crippen molar-refractivity contribution in [2.75, 3.05) is 5.32 Å². The van der Waals surface area contributed by atoms with Gasteiger partial charge in [-0.3, -0.25) is 0 Å². The number of anilines is 1. The molecule has 37 heteroatoms. The van der Waals surface area contributed by atoms with Crippen LogP contribution < -0.4 is 5.32 Å². The maximum Gasteiger partial charge on any atom is 0.460 e. The first-order valence-corrected chi connectivity index (χ1v) is 16.1. The minimum absolute atomic E-state index is 0.348. The topological polar surface area (TPSA) is 21.3 Å². The molecule has 0 saturated heterocycles. The van der Waals surface area contributed by atoms with Crippen LogP contribution in [0.1, 0.15) is 32.6 Å². The molecule has 2 nitrogen and oxygen atoms in total. The predicted octanol–water partition coefficient (Wildman–Crippen LogP) is 14.5. The number of hydrogen-bond acceptors (Lipinski definition) is 2. The van der Waals surface area contributed by atoms with Gasteiger partial charge >= 0.3 is 95.3 Å². The molecule has 1 N–H and O–H groups in total. The van der Waals surface area contributed by atoms with Gasteiger partial charge in [-0.05, 0) is 31.9 Å². The van der Waals surface area contributed by atoms with Crippen LogP contribution in [0.4, 0.5) is 159 Å². The predicted molar refractivity (Wildman–Crippen MR) is 144 cm³/mol. The van der Waals surface area contributed by atoms with E-state index in [1.165, 1.54) is 0 Å². The van der Waals surface area contributed by atoms with Crippen molar-refractivity contribution in [3.63, 3.8) is 0 Å². The van der Waals surface area contributed by atoms with Crippen molar-refractivity contribution < 1.29 is 158 Å². The summed E-state index contributed by atoms with van der Waals surface area (Å²) in [6.07, 6.45) is -35.2. The molecule has 0 radical (unpaired) electrons. The van der Waals surface area contributed by atoms with Crippen molar-refractivity contribution in [3.05, 3.63) is 30.1 Å². The number of benzene rings is 1. The van der Waals surface area contributed by atoms with Crippen molar-refractivity contribution >= 4 is 5.69 Å². The Kier molecular flexibility index (Phi) is 15.8. The van der Waals surface area contributed by atoms with Gasteiger partial charge in [-0.1, -0.05) is 12.1 Å². The zero-order valence-electron chi connectivity index (χ0n) is 30.4. The van der Waals surface area contributed by atoms with E-state index < -0.39 is 145 Å². The highest BCUT2D eigenvalue weighted by molar-refractivity contribution is 5.44. The van der Waals surface area contributed by atoms with E-state index >= 15 is 0 Å². The summed E-state index contributed by atoms with van der Waals surface area (Å²) in [5, 5.41) is 1.69. The van der Waals surface area contributed by atoms with E-state index in [0.29, 0.717) is 19.1 Å².